The highest BCUT2D eigenvalue weighted by molar-refractivity contribution is 6.86. The fraction of sp³-hybridized carbons (Fsp3) is 0.357. The first-order valence-electron chi connectivity index (χ1n) is 11.5. The number of fused-ring (bicyclic) bond motifs is 2. The molecule has 2 aromatic carbocycles. The van der Waals surface area contributed by atoms with Crippen LogP contribution in [-0.4, -0.2) is 23.0 Å². The Bertz CT molecular complexity index is 1300. The fourth-order valence-electron chi connectivity index (χ4n) is 4.89. The van der Waals surface area contributed by atoms with Gasteiger partial charge in [-0.2, -0.15) is 0 Å². The van der Waals surface area contributed by atoms with E-state index in [4.69, 9.17) is 4.43 Å². The van der Waals surface area contributed by atoms with Crippen LogP contribution in [0.25, 0.3) is 17.2 Å². The van der Waals surface area contributed by atoms with Crippen LogP contribution in [0, 0.1) is 10.4 Å². The molecule has 3 heteroatoms. The highest BCUT2D eigenvalue weighted by Gasteiger charge is 2.31. The predicted octanol–water partition coefficient (Wildman–Crippen LogP) is 6.12. The lowest BCUT2D eigenvalue weighted by Gasteiger charge is -2.28. The summed E-state index contributed by atoms with van der Waals surface area (Å²) in [5, 5.41) is 7.12. The molecule has 2 aromatic rings. The summed E-state index contributed by atoms with van der Waals surface area (Å²) in [5.41, 5.74) is 5.84. The van der Waals surface area contributed by atoms with Gasteiger partial charge in [-0.1, -0.05) is 72.4 Å². The average molecular weight is 445 g/mol. The Morgan fingerprint density at radius 1 is 0.935 bits per heavy atom. The van der Waals surface area contributed by atoms with Crippen molar-refractivity contribution in [2.24, 2.45) is 0 Å². The Balaban J connectivity index is 1.90. The highest BCUT2D eigenvalue weighted by atomic mass is 28.4. The largest absolute Gasteiger partial charge is 0.418 e. The molecule has 0 aliphatic heterocycles. The average Bonchev–Trinajstić information content (AvgIpc) is 3.31. The molecule has 1 nitrogen and oxygen atoms in total. The zero-order valence-corrected chi connectivity index (χ0v) is 22.2. The zero-order chi connectivity index (χ0) is 22.4. The summed E-state index contributed by atoms with van der Waals surface area (Å²) >= 11 is 0. The van der Waals surface area contributed by atoms with E-state index in [1.807, 2.05) is 0 Å². The van der Waals surface area contributed by atoms with Gasteiger partial charge < -0.3 is 4.43 Å². The molecule has 2 aliphatic carbocycles. The molecule has 0 heterocycles. The van der Waals surface area contributed by atoms with E-state index in [9.17, 15) is 0 Å². The molecule has 0 spiro atoms. The maximum Gasteiger partial charge on any atom is 0.183 e. The first-order valence-corrected chi connectivity index (χ1v) is 18.2. The minimum atomic E-state index is -1.62. The summed E-state index contributed by atoms with van der Waals surface area (Å²) in [5.74, 6) is 0. The van der Waals surface area contributed by atoms with Gasteiger partial charge in [-0.25, -0.2) is 0 Å². The minimum absolute atomic E-state index is 0.899. The van der Waals surface area contributed by atoms with Crippen molar-refractivity contribution < 1.29 is 4.43 Å². The van der Waals surface area contributed by atoms with Gasteiger partial charge in [-0.15, -0.1) is 0 Å². The lowest BCUT2D eigenvalue weighted by molar-refractivity contribution is 0.332. The summed E-state index contributed by atoms with van der Waals surface area (Å²) in [7, 11) is -3.09. The molecule has 0 N–H and O–H groups in total. The summed E-state index contributed by atoms with van der Waals surface area (Å²) in [6.45, 7) is 17.3. The molecular formula is C28H36OSi2. The van der Waals surface area contributed by atoms with E-state index >= 15 is 0 Å². The molecule has 0 saturated heterocycles. The van der Waals surface area contributed by atoms with E-state index in [0.29, 0.717) is 0 Å². The summed E-state index contributed by atoms with van der Waals surface area (Å²) < 4.78 is 6.26. The van der Waals surface area contributed by atoms with Crippen molar-refractivity contribution in [3.63, 3.8) is 0 Å². The number of benzene rings is 2. The number of allylic oxidation sites excluding steroid dienone is 4. The predicted molar refractivity (Wildman–Crippen MR) is 140 cm³/mol. The van der Waals surface area contributed by atoms with Crippen LogP contribution in [0.2, 0.25) is 38.8 Å². The van der Waals surface area contributed by atoms with E-state index < -0.39 is 16.4 Å². The number of rotatable bonds is 6. The molecule has 0 amide bonds. The van der Waals surface area contributed by atoms with Crippen LogP contribution in [0.1, 0.15) is 31.4 Å². The van der Waals surface area contributed by atoms with Crippen LogP contribution in [-0.2, 0) is 4.43 Å². The zero-order valence-electron chi connectivity index (χ0n) is 20.2. The van der Waals surface area contributed by atoms with Gasteiger partial charge in [0.1, 0.15) is 0 Å². The van der Waals surface area contributed by atoms with Crippen molar-refractivity contribution in [2.45, 2.75) is 59.0 Å². The molecule has 0 atom stereocenters. The Kier molecular flexibility index (Phi) is 5.88. The topological polar surface area (TPSA) is 9.23 Å². The van der Waals surface area contributed by atoms with E-state index in [2.05, 4.69) is 101 Å². The van der Waals surface area contributed by atoms with Gasteiger partial charge in [0.2, 0.25) is 0 Å². The van der Waals surface area contributed by atoms with Crippen molar-refractivity contribution in [3.8, 4) is 0 Å². The van der Waals surface area contributed by atoms with Gasteiger partial charge in [0.15, 0.2) is 8.32 Å². The summed E-state index contributed by atoms with van der Waals surface area (Å²) in [4.78, 5) is 0. The van der Waals surface area contributed by atoms with Crippen LogP contribution in [0.4, 0.5) is 0 Å². The normalized spacial score (nSPS) is 15.2. The molecule has 4 rings (SSSR count). The SMILES string of the molecule is CC(C)=c1ccc2c(c1C1=C([Si](C)(C)CCO[Si](C)(C)C)C=CC1)C=c1ccccc1=2. The van der Waals surface area contributed by atoms with Crippen LogP contribution in [0.5, 0.6) is 0 Å². The highest BCUT2D eigenvalue weighted by Crippen LogP contribution is 2.37. The molecule has 0 radical (unpaired) electrons. The molecule has 0 bridgehead atoms. The van der Waals surface area contributed by atoms with Gasteiger partial charge >= 0.3 is 0 Å². The van der Waals surface area contributed by atoms with E-state index in [0.717, 1.165) is 13.0 Å². The summed E-state index contributed by atoms with van der Waals surface area (Å²) in [6, 6.07) is 14.7. The molecule has 0 unspecified atom stereocenters. The second-order valence-corrected chi connectivity index (χ2v) is 20.1. The number of hydrogen-bond acceptors (Lipinski definition) is 1. The van der Waals surface area contributed by atoms with Gasteiger partial charge in [0, 0.05) is 6.61 Å². The Morgan fingerprint density at radius 3 is 2.39 bits per heavy atom. The van der Waals surface area contributed by atoms with E-state index in [1.54, 1.807) is 10.8 Å². The van der Waals surface area contributed by atoms with Crippen molar-refractivity contribution in [3.05, 3.63) is 85.7 Å². The molecule has 0 aromatic heterocycles. The smallest absolute Gasteiger partial charge is 0.183 e. The van der Waals surface area contributed by atoms with Crippen LogP contribution in [0.15, 0.2) is 53.7 Å². The van der Waals surface area contributed by atoms with Crippen molar-refractivity contribution in [1.29, 1.82) is 0 Å². The molecule has 31 heavy (non-hydrogen) atoms. The van der Waals surface area contributed by atoms with Gasteiger partial charge in [0.25, 0.3) is 0 Å². The van der Waals surface area contributed by atoms with Crippen molar-refractivity contribution in [1.82, 2.24) is 0 Å². The van der Waals surface area contributed by atoms with E-state index in [-0.39, 0.29) is 0 Å². The van der Waals surface area contributed by atoms with Gasteiger partial charge in [-0.05, 0) is 89.6 Å². The second kappa shape index (κ2) is 8.20. The Hall–Kier alpha value is -1.95. The first-order chi connectivity index (χ1) is 14.6. The third kappa shape index (κ3) is 4.36. The first kappa shape index (κ1) is 22.3. The Morgan fingerprint density at radius 2 is 1.68 bits per heavy atom. The maximum atomic E-state index is 6.26. The monoisotopic (exact) mass is 444 g/mol. The molecule has 162 valence electrons. The van der Waals surface area contributed by atoms with Gasteiger partial charge in [0.05, 0.1) is 8.07 Å². The minimum Gasteiger partial charge on any atom is -0.418 e. The Labute approximate surface area is 189 Å². The number of hydrogen-bond donors (Lipinski definition) is 0. The maximum absolute atomic E-state index is 6.26. The lowest BCUT2D eigenvalue weighted by atomic mass is 9.94. The molecule has 2 aliphatic rings. The van der Waals surface area contributed by atoms with Crippen LogP contribution in [0.3, 0.4) is 0 Å². The lowest BCUT2D eigenvalue weighted by Crippen LogP contribution is -2.34. The standard InChI is InChI=1S/C28H36OSi2/c1-20(2)22-15-16-24-23-12-9-8-11-21(23)19-26(24)28(22)25-13-10-14-27(25)31(6,7)18-17-29-30(3,4)5/h8-12,14-16,19H,13,17-18H2,1-7H3. The molecular weight excluding hydrogens is 408 g/mol. The van der Waals surface area contributed by atoms with Crippen molar-refractivity contribution >= 4 is 33.6 Å². The third-order valence-electron chi connectivity index (χ3n) is 6.56. The molecule has 0 saturated carbocycles. The summed E-state index contributed by atoms with van der Waals surface area (Å²) in [6.07, 6.45) is 8.28. The third-order valence-corrected chi connectivity index (χ3v) is 11.0. The quantitative estimate of drug-likeness (QED) is 0.416. The fourth-order valence-corrected chi connectivity index (χ4v) is 8.31. The van der Waals surface area contributed by atoms with Crippen LogP contribution < -0.4 is 10.4 Å². The van der Waals surface area contributed by atoms with Gasteiger partial charge in [-0.3, -0.25) is 0 Å². The van der Waals surface area contributed by atoms with Crippen LogP contribution >= 0.6 is 0 Å². The second-order valence-electron chi connectivity index (χ2n) is 10.8. The molecule has 0 fully saturated rings. The van der Waals surface area contributed by atoms with Crippen molar-refractivity contribution in [2.75, 3.05) is 6.61 Å². The van der Waals surface area contributed by atoms with E-state index in [1.165, 1.54) is 43.6 Å².